The van der Waals surface area contributed by atoms with Crippen LogP contribution in [-0.2, 0) is 6.54 Å². The summed E-state index contributed by atoms with van der Waals surface area (Å²) in [6.45, 7) is 0.795. The van der Waals surface area contributed by atoms with E-state index in [0.29, 0.717) is 0 Å². The number of benzene rings is 1. The predicted molar refractivity (Wildman–Crippen MR) is 75.7 cm³/mol. The van der Waals surface area contributed by atoms with Gasteiger partial charge in [-0.25, -0.2) is 4.98 Å². The minimum Gasteiger partial charge on any atom is -0.395 e. The van der Waals surface area contributed by atoms with E-state index in [9.17, 15) is 0 Å². The van der Waals surface area contributed by atoms with E-state index >= 15 is 0 Å². The lowest BCUT2D eigenvalue weighted by Crippen LogP contribution is -2.01. The van der Waals surface area contributed by atoms with Crippen LogP contribution in [0, 0.1) is 0 Å². The van der Waals surface area contributed by atoms with Crippen LogP contribution in [-0.4, -0.2) is 4.98 Å². The summed E-state index contributed by atoms with van der Waals surface area (Å²) in [6, 6.07) is 6.18. The molecule has 0 saturated heterocycles. The van der Waals surface area contributed by atoms with E-state index < -0.39 is 0 Å². The Bertz CT molecular complexity index is 628. The van der Waals surface area contributed by atoms with Crippen LogP contribution in [0.5, 0.6) is 0 Å². The van der Waals surface area contributed by atoms with E-state index in [4.69, 9.17) is 5.73 Å². The summed E-state index contributed by atoms with van der Waals surface area (Å²) in [4.78, 5) is 4.28. The van der Waals surface area contributed by atoms with Gasteiger partial charge in [-0.3, -0.25) is 0 Å². The summed E-state index contributed by atoms with van der Waals surface area (Å²) in [6.07, 6.45) is 0. The Balaban J connectivity index is 1.87. The molecular formula is C12H11N3S2. The van der Waals surface area contributed by atoms with Crippen LogP contribution in [0.2, 0.25) is 0 Å². The van der Waals surface area contributed by atoms with Crippen molar-refractivity contribution >= 4 is 44.3 Å². The first-order chi connectivity index (χ1) is 8.34. The SMILES string of the molecule is Nc1c(NCc2ccsc2)ccc2scnc12. The Morgan fingerprint density at radius 3 is 3.06 bits per heavy atom. The van der Waals surface area contributed by atoms with E-state index in [1.54, 1.807) is 22.7 Å². The molecule has 1 aromatic carbocycles. The van der Waals surface area contributed by atoms with Gasteiger partial charge in [-0.1, -0.05) is 0 Å². The summed E-state index contributed by atoms with van der Waals surface area (Å²) in [5.41, 5.74) is 11.8. The maximum atomic E-state index is 6.09. The Hall–Kier alpha value is -1.59. The fraction of sp³-hybridized carbons (Fsp3) is 0.0833. The van der Waals surface area contributed by atoms with Gasteiger partial charge in [-0.2, -0.15) is 11.3 Å². The van der Waals surface area contributed by atoms with Crippen molar-refractivity contribution in [2.24, 2.45) is 0 Å². The Morgan fingerprint density at radius 2 is 2.24 bits per heavy atom. The van der Waals surface area contributed by atoms with Gasteiger partial charge in [0.05, 0.1) is 21.6 Å². The zero-order valence-electron chi connectivity index (χ0n) is 9.01. The van der Waals surface area contributed by atoms with Crippen LogP contribution >= 0.6 is 22.7 Å². The van der Waals surface area contributed by atoms with Gasteiger partial charge in [0.1, 0.15) is 5.52 Å². The van der Waals surface area contributed by atoms with Gasteiger partial charge in [0.25, 0.3) is 0 Å². The van der Waals surface area contributed by atoms with E-state index in [-0.39, 0.29) is 0 Å². The number of nitrogens with two attached hydrogens (primary N) is 1. The number of hydrogen-bond acceptors (Lipinski definition) is 5. The van der Waals surface area contributed by atoms with Gasteiger partial charge >= 0.3 is 0 Å². The molecule has 86 valence electrons. The van der Waals surface area contributed by atoms with Crippen LogP contribution in [0.3, 0.4) is 0 Å². The van der Waals surface area contributed by atoms with Gasteiger partial charge in [-0.15, -0.1) is 11.3 Å². The number of fused-ring (bicyclic) bond motifs is 1. The Kier molecular flexibility index (Phi) is 2.70. The molecule has 5 heteroatoms. The van der Waals surface area contributed by atoms with Crippen molar-refractivity contribution in [3.63, 3.8) is 0 Å². The number of anilines is 2. The molecule has 0 atom stereocenters. The summed E-state index contributed by atoms with van der Waals surface area (Å²) >= 11 is 3.31. The molecule has 0 fully saturated rings. The standard InChI is InChI=1S/C12H11N3S2/c13-11-9(14-5-8-3-4-16-6-8)1-2-10-12(11)15-7-17-10/h1-4,6-7,14H,5,13H2. The first-order valence-electron chi connectivity index (χ1n) is 5.21. The lowest BCUT2D eigenvalue weighted by atomic mass is 10.2. The largest absolute Gasteiger partial charge is 0.395 e. The molecular weight excluding hydrogens is 250 g/mol. The van der Waals surface area contributed by atoms with Crippen molar-refractivity contribution in [1.29, 1.82) is 0 Å². The second-order valence-corrected chi connectivity index (χ2v) is 5.38. The maximum Gasteiger partial charge on any atom is 0.106 e. The molecule has 0 radical (unpaired) electrons. The topological polar surface area (TPSA) is 50.9 Å². The lowest BCUT2D eigenvalue weighted by Gasteiger charge is -2.08. The van der Waals surface area contributed by atoms with Crippen LogP contribution in [0.25, 0.3) is 10.2 Å². The average Bonchev–Trinajstić information content (AvgIpc) is 2.99. The highest BCUT2D eigenvalue weighted by atomic mass is 32.1. The third kappa shape index (κ3) is 1.99. The smallest absolute Gasteiger partial charge is 0.106 e. The van der Waals surface area contributed by atoms with Crippen molar-refractivity contribution in [2.45, 2.75) is 6.54 Å². The molecule has 0 saturated carbocycles. The highest BCUT2D eigenvalue weighted by Crippen LogP contribution is 2.30. The number of nitrogens with one attached hydrogen (secondary N) is 1. The van der Waals surface area contributed by atoms with Crippen LogP contribution in [0.15, 0.2) is 34.5 Å². The molecule has 0 bridgehead atoms. The molecule has 2 heterocycles. The molecule has 2 aromatic heterocycles. The Labute approximate surface area is 107 Å². The van der Waals surface area contributed by atoms with Gasteiger partial charge < -0.3 is 11.1 Å². The molecule has 3 N–H and O–H groups in total. The fourth-order valence-corrected chi connectivity index (χ4v) is 3.06. The second kappa shape index (κ2) is 4.35. The molecule has 0 unspecified atom stereocenters. The average molecular weight is 261 g/mol. The predicted octanol–water partition coefficient (Wildman–Crippen LogP) is 3.55. The van der Waals surface area contributed by atoms with Gasteiger partial charge in [0.15, 0.2) is 0 Å². The minimum atomic E-state index is 0.735. The lowest BCUT2D eigenvalue weighted by molar-refractivity contribution is 1.17. The summed E-state index contributed by atoms with van der Waals surface area (Å²) in [5, 5.41) is 7.55. The zero-order valence-corrected chi connectivity index (χ0v) is 10.6. The molecule has 0 amide bonds. The first-order valence-corrected chi connectivity index (χ1v) is 7.03. The molecule has 0 aliphatic rings. The van der Waals surface area contributed by atoms with Crippen LogP contribution in [0.1, 0.15) is 5.56 Å². The van der Waals surface area contributed by atoms with E-state index in [1.807, 2.05) is 11.6 Å². The Morgan fingerprint density at radius 1 is 1.29 bits per heavy atom. The quantitative estimate of drug-likeness (QED) is 0.709. The van der Waals surface area contributed by atoms with Gasteiger partial charge in [-0.05, 0) is 34.5 Å². The van der Waals surface area contributed by atoms with Crippen molar-refractivity contribution in [2.75, 3.05) is 11.1 Å². The van der Waals surface area contributed by atoms with E-state index in [1.165, 1.54) is 5.56 Å². The number of hydrogen-bond donors (Lipinski definition) is 2. The van der Waals surface area contributed by atoms with Gasteiger partial charge in [0, 0.05) is 6.54 Å². The van der Waals surface area contributed by atoms with Crippen LogP contribution < -0.4 is 11.1 Å². The summed E-state index contributed by atoms with van der Waals surface area (Å²) in [5.74, 6) is 0. The molecule has 3 rings (SSSR count). The maximum absolute atomic E-state index is 6.09. The molecule has 0 aliphatic heterocycles. The molecule has 0 spiro atoms. The summed E-state index contributed by atoms with van der Waals surface area (Å²) in [7, 11) is 0. The number of nitrogens with zero attached hydrogens (tertiary/aromatic N) is 1. The number of aromatic nitrogens is 1. The van der Waals surface area contributed by atoms with Crippen molar-refractivity contribution in [3.8, 4) is 0 Å². The number of rotatable bonds is 3. The first kappa shape index (κ1) is 10.6. The number of nitrogen functional groups attached to an aromatic ring is 1. The number of thiazole rings is 1. The van der Waals surface area contributed by atoms with E-state index in [2.05, 4.69) is 33.2 Å². The molecule has 17 heavy (non-hydrogen) atoms. The van der Waals surface area contributed by atoms with Crippen molar-refractivity contribution in [3.05, 3.63) is 40.0 Å². The highest BCUT2D eigenvalue weighted by Gasteiger charge is 2.06. The highest BCUT2D eigenvalue weighted by molar-refractivity contribution is 7.16. The molecule has 3 nitrogen and oxygen atoms in total. The normalized spacial score (nSPS) is 10.8. The van der Waals surface area contributed by atoms with Gasteiger partial charge in [0.2, 0.25) is 0 Å². The van der Waals surface area contributed by atoms with Crippen LogP contribution in [0.4, 0.5) is 11.4 Å². The van der Waals surface area contributed by atoms with Crippen molar-refractivity contribution < 1.29 is 0 Å². The molecule has 0 aliphatic carbocycles. The monoisotopic (exact) mass is 261 g/mol. The third-order valence-electron chi connectivity index (χ3n) is 2.60. The van der Waals surface area contributed by atoms with Crippen molar-refractivity contribution in [1.82, 2.24) is 4.98 Å². The van der Waals surface area contributed by atoms with E-state index in [0.717, 1.165) is 28.1 Å². The third-order valence-corrected chi connectivity index (χ3v) is 4.13. The second-order valence-electron chi connectivity index (χ2n) is 3.71. The number of thiophene rings is 1. The summed E-state index contributed by atoms with van der Waals surface area (Å²) < 4.78 is 1.13. The zero-order chi connectivity index (χ0) is 11.7. The fourth-order valence-electron chi connectivity index (χ4n) is 1.70. The minimum absolute atomic E-state index is 0.735. The molecule has 3 aromatic rings.